The summed E-state index contributed by atoms with van der Waals surface area (Å²) in [5.74, 6) is 0.302. The quantitative estimate of drug-likeness (QED) is 0.862. The Morgan fingerprint density at radius 1 is 1.38 bits per heavy atom. The van der Waals surface area contributed by atoms with Crippen LogP contribution in [0.15, 0.2) is 17.5 Å². The van der Waals surface area contributed by atoms with Gasteiger partial charge in [-0.15, -0.1) is 11.3 Å². The Kier molecular flexibility index (Phi) is 4.66. The molecule has 1 unspecified atom stereocenters. The van der Waals surface area contributed by atoms with Gasteiger partial charge in [0.25, 0.3) is 10.2 Å². The molecule has 2 fully saturated rings. The molecule has 1 atom stereocenters. The fourth-order valence-corrected chi connectivity index (χ4v) is 5.62. The van der Waals surface area contributed by atoms with Crippen LogP contribution < -0.4 is 5.73 Å². The normalized spacial score (nSPS) is 24.6. The number of nitrogens with two attached hydrogens (primary N) is 1. The summed E-state index contributed by atoms with van der Waals surface area (Å²) in [4.78, 5) is 1.11. The molecule has 2 N–H and O–H groups in total. The predicted octanol–water partition coefficient (Wildman–Crippen LogP) is 1.63. The topological polar surface area (TPSA) is 66.6 Å². The third-order valence-electron chi connectivity index (χ3n) is 4.28. The van der Waals surface area contributed by atoms with Gasteiger partial charge in [-0.1, -0.05) is 6.07 Å². The van der Waals surface area contributed by atoms with Crippen molar-refractivity contribution in [2.45, 2.75) is 38.3 Å². The Balaban J connectivity index is 1.77. The maximum Gasteiger partial charge on any atom is 0.282 e. The molecule has 0 spiro atoms. The van der Waals surface area contributed by atoms with Gasteiger partial charge in [0.1, 0.15) is 0 Å². The van der Waals surface area contributed by atoms with E-state index in [0.717, 1.165) is 30.6 Å². The third kappa shape index (κ3) is 3.48. The zero-order valence-electron chi connectivity index (χ0n) is 12.1. The van der Waals surface area contributed by atoms with E-state index in [1.165, 1.54) is 0 Å². The van der Waals surface area contributed by atoms with E-state index in [0.29, 0.717) is 32.1 Å². The Morgan fingerprint density at radius 2 is 2.19 bits per heavy atom. The van der Waals surface area contributed by atoms with E-state index in [1.807, 2.05) is 17.5 Å². The molecule has 1 aromatic heterocycles. The first-order valence-electron chi connectivity index (χ1n) is 7.60. The number of rotatable bonds is 6. The molecule has 5 nitrogen and oxygen atoms in total. The van der Waals surface area contributed by atoms with Crippen LogP contribution in [0.2, 0.25) is 0 Å². The van der Waals surface area contributed by atoms with Crippen molar-refractivity contribution in [2.24, 2.45) is 11.7 Å². The van der Waals surface area contributed by atoms with Crippen LogP contribution in [-0.4, -0.2) is 42.7 Å². The van der Waals surface area contributed by atoms with E-state index in [1.54, 1.807) is 19.9 Å². The van der Waals surface area contributed by atoms with E-state index < -0.39 is 10.2 Å². The van der Waals surface area contributed by atoms with Crippen LogP contribution in [-0.2, 0) is 16.8 Å². The summed E-state index contributed by atoms with van der Waals surface area (Å²) in [6.07, 6.45) is 3.92. The van der Waals surface area contributed by atoms with E-state index in [-0.39, 0.29) is 6.04 Å². The van der Waals surface area contributed by atoms with Crippen LogP contribution in [0.1, 0.15) is 30.6 Å². The number of piperidine rings is 1. The summed E-state index contributed by atoms with van der Waals surface area (Å²) in [5.41, 5.74) is 5.73. The van der Waals surface area contributed by atoms with Crippen molar-refractivity contribution in [1.29, 1.82) is 0 Å². The molecule has 0 radical (unpaired) electrons. The van der Waals surface area contributed by atoms with E-state index in [2.05, 4.69) is 0 Å². The van der Waals surface area contributed by atoms with Gasteiger partial charge < -0.3 is 5.73 Å². The fraction of sp³-hybridized carbons (Fsp3) is 0.714. The zero-order valence-corrected chi connectivity index (χ0v) is 13.8. The minimum Gasteiger partial charge on any atom is -0.330 e. The van der Waals surface area contributed by atoms with Crippen molar-refractivity contribution in [3.63, 3.8) is 0 Å². The molecule has 0 amide bonds. The van der Waals surface area contributed by atoms with Crippen LogP contribution in [0.25, 0.3) is 0 Å². The molecular formula is C14H23N3O2S2. The minimum atomic E-state index is -3.36. The molecule has 2 aliphatic rings. The zero-order chi connectivity index (χ0) is 14.9. The lowest BCUT2D eigenvalue weighted by Crippen LogP contribution is -2.49. The molecule has 2 heterocycles. The van der Waals surface area contributed by atoms with Crippen LogP contribution in [0.5, 0.6) is 0 Å². The molecule has 1 aliphatic heterocycles. The SMILES string of the molecule is NCC1CCCN(S(=O)(=O)N(Cc2cccs2)C2CC2)C1. The first kappa shape index (κ1) is 15.4. The van der Waals surface area contributed by atoms with Gasteiger partial charge in [-0.05, 0) is 49.6 Å². The van der Waals surface area contributed by atoms with Gasteiger partial charge in [-0.2, -0.15) is 17.0 Å². The van der Waals surface area contributed by atoms with Crippen LogP contribution in [0, 0.1) is 5.92 Å². The van der Waals surface area contributed by atoms with Gasteiger partial charge in [0.05, 0.1) is 0 Å². The minimum absolute atomic E-state index is 0.190. The van der Waals surface area contributed by atoms with Crippen molar-refractivity contribution in [1.82, 2.24) is 8.61 Å². The highest BCUT2D eigenvalue weighted by atomic mass is 32.2. The van der Waals surface area contributed by atoms with Gasteiger partial charge in [-0.25, -0.2) is 0 Å². The maximum atomic E-state index is 13.0. The van der Waals surface area contributed by atoms with Crippen LogP contribution in [0.3, 0.4) is 0 Å². The lowest BCUT2D eigenvalue weighted by Gasteiger charge is -2.35. The van der Waals surface area contributed by atoms with Crippen molar-refractivity contribution < 1.29 is 8.42 Å². The monoisotopic (exact) mass is 329 g/mol. The molecule has 3 rings (SSSR count). The van der Waals surface area contributed by atoms with Crippen LogP contribution >= 0.6 is 11.3 Å². The molecule has 7 heteroatoms. The number of hydrogen-bond donors (Lipinski definition) is 1. The van der Waals surface area contributed by atoms with Gasteiger partial charge in [0, 0.05) is 30.6 Å². The summed E-state index contributed by atoms with van der Waals surface area (Å²) < 4.78 is 29.3. The predicted molar refractivity (Wildman–Crippen MR) is 85.2 cm³/mol. The van der Waals surface area contributed by atoms with Crippen molar-refractivity contribution in [3.8, 4) is 0 Å². The molecule has 0 aromatic carbocycles. The molecule has 1 saturated carbocycles. The number of thiophene rings is 1. The summed E-state index contributed by atoms with van der Waals surface area (Å²) in [7, 11) is -3.36. The largest absolute Gasteiger partial charge is 0.330 e. The fourth-order valence-electron chi connectivity index (χ4n) is 2.89. The Morgan fingerprint density at radius 3 is 2.81 bits per heavy atom. The molecule has 118 valence electrons. The standard InChI is InChI=1S/C14H23N3O2S2/c15-9-12-3-1-7-16(10-12)21(18,19)17(13-5-6-13)11-14-4-2-8-20-14/h2,4,8,12-13H,1,3,5-7,9-11,15H2. The first-order chi connectivity index (χ1) is 10.1. The first-order valence-corrected chi connectivity index (χ1v) is 9.88. The number of hydrogen-bond acceptors (Lipinski definition) is 4. The van der Waals surface area contributed by atoms with Crippen LogP contribution in [0.4, 0.5) is 0 Å². The summed E-state index contributed by atoms with van der Waals surface area (Å²) in [6, 6.07) is 4.17. The Bertz CT molecular complexity index is 555. The summed E-state index contributed by atoms with van der Waals surface area (Å²) in [6.45, 7) is 2.29. The highest BCUT2D eigenvalue weighted by Gasteiger charge is 2.41. The second kappa shape index (κ2) is 6.34. The average molecular weight is 329 g/mol. The molecule has 21 heavy (non-hydrogen) atoms. The molecular weight excluding hydrogens is 306 g/mol. The second-order valence-corrected chi connectivity index (χ2v) is 8.88. The summed E-state index contributed by atoms with van der Waals surface area (Å²) in [5, 5.41) is 2.00. The van der Waals surface area contributed by atoms with E-state index in [9.17, 15) is 8.42 Å². The van der Waals surface area contributed by atoms with Gasteiger partial charge >= 0.3 is 0 Å². The lowest BCUT2D eigenvalue weighted by atomic mass is 10.0. The Labute approximate surface area is 130 Å². The van der Waals surface area contributed by atoms with Gasteiger partial charge in [0.15, 0.2) is 0 Å². The smallest absolute Gasteiger partial charge is 0.282 e. The third-order valence-corrected chi connectivity index (χ3v) is 7.15. The highest BCUT2D eigenvalue weighted by molar-refractivity contribution is 7.86. The Hall–Kier alpha value is -0.470. The van der Waals surface area contributed by atoms with Gasteiger partial charge in [-0.3, -0.25) is 0 Å². The second-order valence-electron chi connectivity index (χ2n) is 5.97. The van der Waals surface area contributed by atoms with Crippen molar-refractivity contribution in [3.05, 3.63) is 22.4 Å². The molecule has 1 aromatic rings. The maximum absolute atomic E-state index is 13.0. The highest BCUT2D eigenvalue weighted by Crippen LogP contribution is 2.34. The van der Waals surface area contributed by atoms with Crippen molar-refractivity contribution in [2.75, 3.05) is 19.6 Å². The molecule has 1 aliphatic carbocycles. The van der Waals surface area contributed by atoms with Gasteiger partial charge in [0.2, 0.25) is 0 Å². The molecule has 0 bridgehead atoms. The van der Waals surface area contributed by atoms with E-state index >= 15 is 0 Å². The average Bonchev–Trinajstić information content (AvgIpc) is 3.20. The molecule has 1 saturated heterocycles. The lowest BCUT2D eigenvalue weighted by molar-refractivity contribution is 0.247. The van der Waals surface area contributed by atoms with Crippen molar-refractivity contribution >= 4 is 21.5 Å². The van der Waals surface area contributed by atoms with E-state index in [4.69, 9.17) is 5.73 Å². The number of nitrogens with zero attached hydrogens (tertiary/aromatic N) is 2. The summed E-state index contributed by atoms with van der Waals surface area (Å²) >= 11 is 1.62.